The molecule has 0 fully saturated rings. The summed E-state index contributed by atoms with van der Waals surface area (Å²) in [6.45, 7) is -0.523. The summed E-state index contributed by atoms with van der Waals surface area (Å²) < 4.78 is 0. The summed E-state index contributed by atoms with van der Waals surface area (Å²) in [7, 11) is 0. The van der Waals surface area contributed by atoms with Gasteiger partial charge in [-0.25, -0.2) is 10.3 Å². The van der Waals surface area contributed by atoms with Crippen molar-refractivity contribution in [2.24, 2.45) is 0 Å². The van der Waals surface area contributed by atoms with Gasteiger partial charge in [0.2, 0.25) is 5.91 Å². The van der Waals surface area contributed by atoms with Gasteiger partial charge in [0.1, 0.15) is 0 Å². The minimum absolute atomic E-state index is 0.301. The second-order valence-corrected chi connectivity index (χ2v) is 4.64. The van der Waals surface area contributed by atoms with Crippen molar-refractivity contribution < 1.29 is 19.5 Å². The number of benzene rings is 1. The zero-order valence-electron chi connectivity index (χ0n) is 9.80. The summed E-state index contributed by atoms with van der Waals surface area (Å²) in [5.41, 5.74) is 2.08. The second kappa shape index (κ2) is 8.54. The molecule has 0 aliphatic rings. The number of carbonyl (C=O) groups excluding carboxylic acids is 1. The molecule has 0 radical (unpaired) electrons. The molecule has 0 aliphatic heterocycles. The topological polar surface area (TPSA) is 75.6 Å². The van der Waals surface area contributed by atoms with Crippen molar-refractivity contribution >= 4 is 23.6 Å². The first-order valence-electron chi connectivity index (χ1n) is 5.49. The summed E-state index contributed by atoms with van der Waals surface area (Å²) in [5, 5.41) is 8.29. The minimum atomic E-state index is -1.12. The highest BCUT2D eigenvalue weighted by Crippen LogP contribution is 2.18. The molecule has 0 aromatic heterocycles. The molecule has 0 spiro atoms. The van der Waals surface area contributed by atoms with E-state index >= 15 is 0 Å². The maximum absolute atomic E-state index is 11.2. The fourth-order valence-electron chi connectivity index (χ4n) is 1.17. The molecule has 1 rings (SSSR count). The van der Waals surface area contributed by atoms with Crippen LogP contribution in [0.25, 0.3) is 0 Å². The van der Waals surface area contributed by atoms with Gasteiger partial charge in [-0.1, -0.05) is 18.2 Å². The molecule has 0 unspecified atom stereocenters. The lowest BCUT2D eigenvalue weighted by molar-refractivity contribution is -0.149. The summed E-state index contributed by atoms with van der Waals surface area (Å²) in [5.74, 6) is -0.587. The van der Waals surface area contributed by atoms with Crippen LogP contribution in [0.3, 0.4) is 0 Å². The van der Waals surface area contributed by atoms with E-state index in [1.54, 1.807) is 11.8 Å². The Morgan fingerprint density at radius 2 is 2.00 bits per heavy atom. The first-order chi connectivity index (χ1) is 8.68. The Bertz CT molecular complexity index is 383. The number of thioether (sulfide) groups is 1. The van der Waals surface area contributed by atoms with E-state index in [0.717, 1.165) is 5.75 Å². The normalized spacial score (nSPS) is 10.0. The van der Waals surface area contributed by atoms with Gasteiger partial charge in [-0.3, -0.25) is 9.63 Å². The lowest BCUT2D eigenvalue weighted by Crippen LogP contribution is -2.26. The number of hydroxylamine groups is 1. The molecule has 1 amide bonds. The number of carboxylic acid groups (broad SMARTS) is 1. The van der Waals surface area contributed by atoms with Gasteiger partial charge in [0, 0.05) is 11.3 Å². The Kier molecular flexibility index (Phi) is 6.90. The van der Waals surface area contributed by atoms with Crippen LogP contribution in [0.4, 0.5) is 0 Å². The van der Waals surface area contributed by atoms with Gasteiger partial charge < -0.3 is 5.11 Å². The van der Waals surface area contributed by atoms with Crippen LogP contribution in [0.5, 0.6) is 0 Å². The zero-order chi connectivity index (χ0) is 13.2. The quantitative estimate of drug-likeness (QED) is 0.427. The second-order valence-electron chi connectivity index (χ2n) is 3.47. The molecular weight excluding hydrogens is 254 g/mol. The number of amides is 1. The van der Waals surface area contributed by atoms with Gasteiger partial charge in [0.25, 0.3) is 0 Å². The summed E-state index contributed by atoms with van der Waals surface area (Å²) >= 11 is 1.68. The predicted molar refractivity (Wildman–Crippen MR) is 68.1 cm³/mol. The van der Waals surface area contributed by atoms with Crippen molar-refractivity contribution in [3.8, 4) is 0 Å². The fourth-order valence-corrected chi connectivity index (χ4v) is 2.04. The molecule has 0 atom stereocenters. The molecule has 5 nitrogen and oxygen atoms in total. The average molecular weight is 269 g/mol. The molecular formula is C12H15NO4S. The number of nitrogens with one attached hydrogen (secondary N) is 1. The Labute approximate surface area is 109 Å². The largest absolute Gasteiger partial charge is 0.479 e. The third kappa shape index (κ3) is 6.93. The van der Waals surface area contributed by atoms with Gasteiger partial charge in [-0.2, -0.15) is 0 Å². The molecule has 98 valence electrons. The fraction of sp³-hybridized carbons (Fsp3) is 0.333. The number of hydrogen-bond donors (Lipinski definition) is 2. The van der Waals surface area contributed by atoms with E-state index in [2.05, 4.69) is 10.3 Å². The van der Waals surface area contributed by atoms with Gasteiger partial charge >= 0.3 is 5.97 Å². The van der Waals surface area contributed by atoms with E-state index in [1.807, 2.05) is 30.3 Å². The minimum Gasteiger partial charge on any atom is -0.479 e. The number of rotatable bonds is 8. The number of hydrogen-bond acceptors (Lipinski definition) is 4. The van der Waals surface area contributed by atoms with E-state index in [9.17, 15) is 9.59 Å². The molecule has 0 saturated carbocycles. The first-order valence-corrected chi connectivity index (χ1v) is 6.47. The van der Waals surface area contributed by atoms with Crippen molar-refractivity contribution in [3.05, 3.63) is 30.3 Å². The predicted octanol–water partition coefficient (Wildman–Crippen LogP) is 1.69. The van der Waals surface area contributed by atoms with Crippen LogP contribution in [0.1, 0.15) is 12.8 Å². The number of carboxylic acids is 1. The molecule has 2 N–H and O–H groups in total. The Morgan fingerprint density at radius 1 is 1.28 bits per heavy atom. The molecule has 0 saturated heterocycles. The van der Waals surface area contributed by atoms with Crippen LogP contribution < -0.4 is 5.48 Å². The Balaban J connectivity index is 2.04. The number of aliphatic carboxylic acids is 1. The lowest BCUT2D eigenvalue weighted by atomic mass is 10.3. The van der Waals surface area contributed by atoms with Crippen molar-refractivity contribution in [1.29, 1.82) is 0 Å². The molecule has 0 bridgehead atoms. The van der Waals surface area contributed by atoms with Crippen LogP contribution in [0.15, 0.2) is 35.2 Å². The van der Waals surface area contributed by atoms with Gasteiger partial charge in [-0.05, 0) is 24.3 Å². The van der Waals surface area contributed by atoms with Crippen molar-refractivity contribution in [2.45, 2.75) is 17.7 Å². The Hall–Kier alpha value is -1.53. The van der Waals surface area contributed by atoms with Crippen molar-refractivity contribution in [3.63, 3.8) is 0 Å². The maximum Gasteiger partial charge on any atom is 0.332 e. The zero-order valence-corrected chi connectivity index (χ0v) is 10.6. The molecule has 6 heteroatoms. The monoisotopic (exact) mass is 269 g/mol. The number of carbonyl (C=O) groups is 2. The van der Waals surface area contributed by atoms with E-state index in [-0.39, 0.29) is 5.91 Å². The molecule has 18 heavy (non-hydrogen) atoms. The lowest BCUT2D eigenvalue weighted by Gasteiger charge is -2.03. The third-order valence-corrected chi connectivity index (χ3v) is 3.04. The SMILES string of the molecule is O=C(O)CONC(=O)CCCSc1ccccc1. The van der Waals surface area contributed by atoms with Gasteiger partial charge in [-0.15, -0.1) is 11.8 Å². The molecule has 0 heterocycles. The summed E-state index contributed by atoms with van der Waals surface area (Å²) in [4.78, 5) is 26.9. The van der Waals surface area contributed by atoms with Gasteiger partial charge in [0.15, 0.2) is 6.61 Å². The Morgan fingerprint density at radius 3 is 2.67 bits per heavy atom. The summed E-state index contributed by atoms with van der Waals surface area (Å²) in [6.07, 6.45) is 1.03. The smallest absolute Gasteiger partial charge is 0.332 e. The van der Waals surface area contributed by atoms with E-state index in [4.69, 9.17) is 5.11 Å². The van der Waals surface area contributed by atoms with E-state index in [0.29, 0.717) is 12.8 Å². The third-order valence-electron chi connectivity index (χ3n) is 1.94. The highest BCUT2D eigenvalue weighted by atomic mass is 32.2. The van der Waals surface area contributed by atoms with Crippen LogP contribution >= 0.6 is 11.8 Å². The summed E-state index contributed by atoms with van der Waals surface area (Å²) in [6, 6.07) is 9.92. The van der Waals surface area contributed by atoms with Crippen LogP contribution in [0, 0.1) is 0 Å². The highest BCUT2D eigenvalue weighted by molar-refractivity contribution is 7.99. The van der Waals surface area contributed by atoms with Gasteiger partial charge in [0.05, 0.1) is 0 Å². The first kappa shape index (κ1) is 14.5. The van der Waals surface area contributed by atoms with E-state index in [1.165, 1.54) is 4.90 Å². The maximum atomic E-state index is 11.2. The van der Waals surface area contributed by atoms with Crippen LogP contribution in [0.2, 0.25) is 0 Å². The van der Waals surface area contributed by atoms with Crippen LogP contribution in [-0.2, 0) is 14.4 Å². The highest BCUT2D eigenvalue weighted by Gasteiger charge is 2.03. The van der Waals surface area contributed by atoms with Crippen molar-refractivity contribution in [1.82, 2.24) is 5.48 Å². The van der Waals surface area contributed by atoms with E-state index < -0.39 is 12.6 Å². The molecule has 1 aromatic rings. The standard InChI is InChI=1S/C12H15NO4S/c14-11(13-17-9-12(15)16)7-4-8-18-10-5-2-1-3-6-10/h1-3,5-6H,4,7-9H2,(H,13,14)(H,15,16). The molecule has 0 aliphatic carbocycles. The van der Waals surface area contributed by atoms with Crippen LogP contribution in [-0.4, -0.2) is 29.3 Å². The van der Waals surface area contributed by atoms with Crippen molar-refractivity contribution in [2.75, 3.05) is 12.4 Å². The average Bonchev–Trinajstić information content (AvgIpc) is 2.35. The molecule has 1 aromatic carbocycles.